The van der Waals surface area contributed by atoms with Gasteiger partial charge in [0.15, 0.2) is 0 Å². The molecule has 0 heterocycles. The molecule has 1 heteroatoms. The molecule has 0 saturated heterocycles. The third kappa shape index (κ3) is 1.60. The Kier molecular flexibility index (Phi) is 2.65. The third-order valence-corrected chi connectivity index (χ3v) is 6.20. The van der Waals surface area contributed by atoms with E-state index in [1.807, 2.05) is 0 Å². The van der Waals surface area contributed by atoms with Crippen molar-refractivity contribution in [3.63, 3.8) is 0 Å². The van der Waals surface area contributed by atoms with Crippen molar-refractivity contribution in [2.75, 3.05) is 7.11 Å². The molecule has 0 N–H and O–H groups in total. The van der Waals surface area contributed by atoms with Gasteiger partial charge >= 0.3 is 0 Å². The molecule has 4 rings (SSSR count). The first-order valence-corrected chi connectivity index (χ1v) is 8.01. The van der Waals surface area contributed by atoms with Crippen molar-refractivity contribution in [3.8, 4) is 5.75 Å². The molecule has 3 aliphatic carbocycles. The van der Waals surface area contributed by atoms with Crippen LogP contribution in [-0.4, -0.2) is 7.11 Å². The Labute approximate surface area is 116 Å². The highest BCUT2D eigenvalue weighted by Gasteiger charge is 2.51. The zero-order valence-electron chi connectivity index (χ0n) is 12.0. The minimum atomic E-state index is 0.517. The van der Waals surface area contributed by atoms with Gasteiger partial charge in [-0.2, -0.15) is 0 Å². The van der Waals surface area contributed by atoms with Crippen LogP contribution < -0.4 is 4.74 Å². The number of methoxy groups -OCH3 is 1. The van der Waals surface area contributed by atoms with Crippen molar-refractivity contribution in [3.05, 3.63) is 29.3 Å². The summed E-state index contributed by atoms with van der Waals surface area (Å²) in [4.78, 5) is 0. The SMILES string of the molecule is COc1ccc2c(c1)[C@]13CCCC[C@H]1[C@@H](CCC3)C2. The van der Waals surface area contributed by atoms with Crippen LogP contribution in [0.2, 0.25) is 0 Å². The van der Waals surface area contributed by atoms with Crippen molar-refractivity contribution in [2.24, 2.45) is 11.8 Å². The Morgan fingerprint density at radius 1 is 1.11 bits per heavy atom. The Morgan fingerprint density at radius 2 is 2.00 bits per heavy atom. The van der Waals surface area contributed by atoms with Crippen molar-refractivity contribution in [1.29, 1.82) is 0 Å². The molecule has 1 aromatic rings. The van der Waals surface area contributed by atoms with E-state index in [-0.39, 0.29) is 0 Å². The molecule has 2 saturated carbocycles. The molecule has 102 valence electrons. The molecule has 0 aromatic heterocycles. The van der Waals surface area contributed by atoms with Crippen LogP contribution in [-0.2, 0) is 11.8 Å². The Morgan fingerprint density at radius 3 is 2.89 bits per heavy atom. The maximum Gasteiger partial charge on any atom is 0.119 e. The van der Waals surface area contributed by atoms with Gasteiger partial charge in [-0.1, -0.05) is 25.3 Å². The molecule has 0 radical (unpaired) electrons. The minimum absolute atomic E-state index is 0.517. The summed E-state index contributed by atoms with van der Waals surface area (Å²) in [7, 11) is 1.80. The molecule has 0 amide bonds. The smallest absolute Gasteiger partial charge is 0.119 e. The Bertz CT molecular complexity index is 488. The van der Waals surface area contributed by atoms with Gasteiger partial charge in [0, 0.05) is 0 Å². The van der Waals surface area contributed by atoms with Gasteiger partial charge < -0.3 is 4.74 Å². The molecule has 0 spiro atoms. The van der Waals surface area contributed by atoms with Crippen LogP contribution >= 0.6 is 0 Å². The number of rotatable bonds is 1. The monoisotopic (exact) mass is 256 g/mol. The minimum Gasteiger partial charge on any atom is -0.497 e. The molecule has 1 aromatic carbocycles. The molecule has 0 aliphatic heterocycles. The molecule has 3 aliphatic rings. The van der Waals surface area contributed by atoms with Gasteiger partial charge in [-0.05, 0) is 72.6 Å². The zero-order chi connectivity index (χ0) is 12.9. The molecule has 0 unspecified atom stereocenters. The van der Waals surface area contributed by atoms with Gasteiger partial charge in [-0.25, -0.2) is 0 Å². The summed E-state index contributed by atoms with van der Waals surface area (Å²) in [5.74, 6) is 2.99. The molecular weight excluding hydrogens is 232 g/mol. The lowest BCUT2D eigenvalue weighted by atomic mass is 9.49. The van der Waals surface area contributed by atoms with Crippen molar-refractivity contribution >= 4 is 0 Å². The Hall–Kier alpha value is -0.980. The topological polar surface area (TPSA) is 9.23 Å². The quantitative estimate of drug-likeness (QED) is 0.720. The van der Waals surface area contributed by atoms with E-state index in [0.717, 1.165) is 17.6 Å². The first kappa shape index (κ1) is 11.8. The van der Waals surface area contributed by atoms with Crippen molar-refractivity contribution in [1.82, 2.24) is 0 Å². The molecule has 1 nitrogen and oxygen atoms in total. The molecule has 3 atom stereocenters. The number of ether oxygens (including phenoxy) is 1. The van der Waals surface area contributed by atoms with Crippen molar-refractivity contribution in [2.45, 2.75) is 56.8 Å². The van der Waals surface area contributed by atoms with Crippen LogP contribution in [0.5, 0.6) is 5.75 Å². The van der Waals surface area contributed by atoms with Crippen LogP contribution in [0.25, 0.3) is 0 Å². The van der Waals surface area contributed by atoms with E-state index in [4.69, 9.17) is 4.74 Å². The lowest BCUT2D eigenvalue weighted by Crippen LogP contribution is -2.49. The highest BCUT2D eigenvalue weighted by molar-refractivity contribution is 5.44. The molecular formula is C18H24O. The first-order chi connectivity index (χ1) is 9.33. The first-order valence-electron chi connectivity index (χ1n) is 8.01. The highest BCUT2D eigenvalue weighted by Crippen LogP contribution is 2.58. The van der Waals surface area contributed by atoms with Gasteiger partial charge in [-0.3, -0.25) is 0 Å². The summed E-state index contributed by atoms with van der Waals surface area (Å²) in [6.45, 7) is 0. The molecule has 2 fully saturated rings. The van der Waals surface area contributed by atoms with Crippen LogP contribution in [0.1, 0.15) is 56.1 Å². The average molecular weight is 256 g/mol. The fourth-order valence-electron chi connectivity index (χ4n) is 5.46. The second kappa shape index (κ2) is 4.26. The largest absolute Gasteiger partial charge is 0.497 e. The predicted molar refractivity (Wildman–Crippen MR) is 77.7 cm³/mol. The molecule has 2 bridgehead atoms. The second-order valence-electron chi connectivity index (χ2n) is 6.89. The van der Waals surface area contributed by atoms with Crippen LogP contribution in [0, 0.1) is 11.8 Å². The summed E-state index contributed by atoms with van der Waals surface area (Å²) in [5, 5.41) is 0. The van der Waals surface area contributed by atoms with Crippen LogP contribution in [0.3, 0.4) is 0 Å². The van der Waals surface area contributed by atoms with Gasteiger partial charge in [0.05, 0.1) is 7.11 Å². The van der Waals surface area contributed by atoms with Gasteiger partial charge in [0.1, 0.15) is 5.75 Å². The zero-order valence-corrected chi connectivity index (χ0v) is 12.0. The van der Waals surface area contributed by atoms with E-state index >= 15 is 0 Å². The van der Waals surface area contributed by atoms with Crippen LogP contribution in [0.4, 0.5) is 0 Å². The lowest BCUT2D eigenvalue weighted by molar-refractivity contribution is 0.0521. The maximum atomic E-state index is 5.49. The van der Waals surface area contributed by atoms with E-state index in [0.29, 0.717) is 5.41 Å². The number of hydrogen-bond acceptors (Lipinski definition) is 1. The second-order valence-corrected chi connectivity index (χ2v) is 6.89. The summed E-state index contributed by atoms with van der Waals surface area (Å²) in [5.41, 5.74) is 3.81. The predicted octanol–water partition coefficient (Wildman–Crippen LogP) is 4.48. The molecule has 19 heavy (non-hydrogen) atoms. The summed E-state index contributed by atoms with van der Waals surface area (Å²) < 4.78 is 5.49. The van der Waals surface area contributed by atoms with E-state index in [1.54, 1.807) is 18.2 Å². The summed E-state index contributed by atoms with van der Waals surface area (Å²) in [6, 6.07) is 6.88. The van der Waals surface area contributed by atoms with E-state index in [9.17, 15) is 0 Å². The Balaban J connectivity index is 1.88. The summed E-state index contributed by atoms with van der Waals surface area (Å²) >= 11 is 0. The summed E-state index contributed by atoms with van der Waals surface area (Å²) in [6.07, 6.45) is 11.5. The highest BCUT2D eigenvalue weighted by atomic mass is 16.5. The van der Waals surface area contributed by atoms with Crippen molar-refractivity contribution < 1.29 is 4.74 Å². The fourth-order valence-corrected chi connectivity index (χ4v) is 5.46. The van der Waals surface area contributed by atoms with E-state index in [2.05, 4.69) is 18.2 Å². The van der Waals surface area contributed by atoms with E-state index in [1.165, 1.54) is 51.4 Å². The fraction of sp³-hybridized carbons (Fsp3) is 0.667. The standard InChI is InChI=1S/C18H24O/c1-19-15-8-7-14-11-13-5-4-10-18(17(14)12-15)9-3-2-6-16(13)18/h7-8,12-13,16H,2-6,9-11H2,1H3/t13-,16-,18-/m0/s1. The number of benzene rings is 1. The van der Waals surface area contributed by atoms with Gasteiger partial charge in [0.2, 0.25) is 0 Å². The van der Waals surface area contributed by atoms with Gasteiger partial charge in [0.25, 0.3) is 0 Å². The average Bonchev–Trinajstić information content (AvgIpc) is 2.47. The normalized spacial score (nSPS) is 36.3. The third-order valence-electron chi connectivity index (χ3n) is 6.20. The van der Waals surface area contributed by atoms with E-state index < -0.39 is 0 Å². The van der Waals surface area contributed by atoms with Gasteiger partial charge in [-0.15, -0.1) is 0 Å². The lowest BCUT2D eigenvalue weighted by Gasteiger charge is -2.55. The number of hydrogen-bond donors (Lipinski definition) is 0. The number of fused-ring (bicyclic) bond motifs is 1. The van der Waals surface area contributed by atoms with Crippen LogP contribution in [0.15, 0.2) is 18.2 Å². The maximum absolute atomic E-state index is 5.49.